The third-order valence-electron chi connectivity index (χ3n) is 3.43. The smallest absolute Gasteiger partial charge is 0.305 e. The molecule has 1 aromatic carbocycles. The molecular formula is C14H14N4O3. The molecule has 2 aromatic rings. The fourth-order valence-corrected chi connectivity index (χ4v) is 2.42. The van der Waals surface area contributed by atoms with Gasteiger partial charge < -0.3 is 15.3 Å². The molecule has 7 heteroatoms. The Kier molecular flexibility index (Phi) is 3.39. The minimum atomic E-state index is -1.03. The highest BCUT2D eigenvalue weighted by molar-refractivity contribution is 5.90. The topological polar surface area (TPSA) is 95.4 Å². The second-order valence-corrected chi connectivity index (χ2v) is 4.83. The fourth-order valence-electron chi connectivity index (χ4n) is 2.42. The second kappa shape index (κ2) is 5.35. The molecule has 1 aliphatic rings. The van der Waals surface area contributed by atoms with Crippen molar-refractivity contribution in [2.75, 3.05) is 18.0 Å². The molecule has 2 N–H and O–H groups in total. The maximum Gasteiger partial charge on any atom is 0.305 e. The normalized spacial score (nSPS) is 18.6. The molecule has 3 rings (SSSR count). The number of para-hydroxylation sites is 1. The lowest BCUT2D eigenvalue weighted by atomic mass is 10.1. The molecule has 21 heavy (non-hydrogen) atoms. The van der Waals surface area contributed by atoms with Crippen LogP contribution < -0.4 is 10.2 Å². The molecule has 0 saturated carbocycles. The van der Waals surface area contributed by atoms with Crippen LogP contribution in [-0.2, 0) is 9.59 Å². The Bertz CT molecular complexity index is 703. The van der Waals surface area contributed by atoms with Gasteiger partial charge in [-0.2, -0.15) is 0 Å². The molecular weight excluding hydrogens is 272 g/mol. The van der Waals surface area contributed by atoms with Crippen LogP contribution in [0, 0.1) is 0 Å². The molecule has 108 valence electrons. The summed E-state index contributed by atoms with van der Waals surface area (Å²) < 4.78 is 0. The first kappa shape index (κ1) is 13.3. The van der Waals surface area contributed by atoms with Crippen molar-refractivity contribution in [2.24, 2.45) is 0 Å². The number of benzene rings is 1. The van der Waals surface area contributed by atoms with Gasteiger partial charge in [0.2, 0.25) is 11.9 Å². The van der Waals surface area contributed by atoms with Gasteiger partial charge in [-0.3, -0.25) is 9.59 Å². The van der Waals surface area contributed by atoms with Gasteiger partial charge in [0.15, 0.2) is 0 Å². The van der Waals surface area contributed by atoms with E-state index in [-0.39, 0.29) is 12.3 Å². The summed E-state index contributed by atoms with van der Waals surface area (Å²) in [5.41, 5.74) is 0.766. The molecule has 0 aliphatic carbocycles. The third kappa shape index (κ3) is 2.62. The largest absolute Gasteiger partial charge is 0.481 e. The number of nitrogens with zero attached hydrogens (tertiary/aromatic N) is 3. The summed E-state index contributed by atoms with van der Waals surface area (Å²) in [6, 6.07) is 6.74. The molecule has 0 radical (unpaired) electrons. The van der Waals surface area contributed by atoms with Crippen LogP contribution in [0.3, 0.4) is 0 Å². The lowest BCUT2D eigenvalue weighted by Crippen LogP contribution is -2.56. The van der Waals surface area contributed by atoms with Crippen molar-refractivity contribution in [3.63, 3.8) is 0 Å². The van der Waals surface area contributed by atoms with Gasteiger partial charge in [0.1, 0.15) is 6.04 Å². The highest BCUT2D eigenvalue weighted by Crippen LogP contribution is 2.19. The minimum absolute atomic E-state index is 0.276. The van der Waals surface area contributed by atoms with Gasteiger partial charge in [-0.05, 0) is 6.07 Å². The zero-order valence-corrected chi connectivity index (χ0v) is 11.2. The minimum Gasteiger partial charge on any atom is -0.481 e. The Morgan fingerprint density at radius 2 is 2.24 bits per heavy atom. The van der Waals surface area contributed by atoms with Gasteiger partial charge in [0.25, 0.3) is 0 Å². The number of nitrogens with one attached hydrogen (secondary N) is 1. The lowest BCUT2D eigenvalue weighted by Gasteiger charge is -2.34. The Morgan fingerprint density at radius 1 is 1.43 bits per heavy atom. The van der Waals surface area contributed by atoms with Crippen molar-refractivity contribution in [3.05, 3.63) is 30.5 Å². The standard InChI is InChI=1S/C14H14N4O3/c19-12(20)7-11-13(21)15-5-6-18(11)14-16-8-9-3-1-2-4-10(9)17-14/h1-4,8,11H,5-7H2,(H,15,21)(H,19,20). The van der Waals surface area contributed by atoms with Gasteiger partial charge in [-0.15, -0.1) is 0 Å². The van der Waals surface area contributed by atoms with Crippen molar-refractivity contribution < 1.29 is 14.7 Å². The first-order chi connectivity index (χ1) is 10.1. The van der Waals surface area contributed by atoms with Crippen LogP contribution in [-0.4, -0.2) is 46.1 Å². The summed E-state index contributed by atoms with van der Waals surface area (Å²) >= 11 is 0. The third-order valence-corrected chi connectivity index (χ3v) is 3.43. The van der Waals surface area contributed by atoms with Crippen LogP contribution in [0.4, 0.5) is 5.95 Å². The Balaban J connectivity index is 1.97. The van der Waals surface area contributed by atoms with E-state index in [0.29, 0.717) is 19.0 Å². The molecule has 1 fully saturated rings. The van der Waals surface area contributed by atoms with Crippen molar-refractivity contribution in [3.8, 4) is 0 Å². The van der Waals surface area contributed by atoms with Crippen molar-refractivity contribution in [1.29, 1.82) is 0 Å². The molecule has 1 aliphatic heterocycles. The van der Waals surface area contributed by atoms with Crippen molar-refractivity contribution in [1.82, 2.24) is 15.3 Å². The van der Waals surface area contributed by atoms with Crippen LogP contribution in [0.25, 0.3) is 10.9 Å². The summed E-state index contributed by atoms with van der Waals surface area (Å²) in [5, 5.41) is 12.5. The van der Waals surface area contributed by atoms with E-state index in [4.69, 9.17) is 5.11 Å². The monoisotopic (exact) mass is 286 g/mol. The number of aliphatic carboxylic acids is 1. The average molecular weight is 286 g/mol. The summed E-state index contributed by atoms with van der Waals surface area (Å²) in [5.74, 6) is -0.946. The van der Waals surface area contributed by atoms with Crippen LogP contribution >= 0.6 is 0 Å². The first-order valence-electron chi connectivity index (χ1n) is 6.63. The first-order valence-corrected chi connectivity index (χ1v) is 6.63. The molecule has 1 atom stereocenters. The Morgan fingerprint density at radius 3 is 3.05 bits per heavy atom. The van der Waals surface area contributed by atoms with Crippen LogP contribution in [0.5, 0.6) is 0 Å². The van der Waals surface area contributed by atoms with Crippen LogP contribution in [0.1, 0.15) is 6.42 Å². The maximum atomic E-state index is 11.9. The van der Waals surface area contributed by atoms with Gasteiger partial charge >= 0.3 is 5.97 Å². The van der Waals surface area contributed by atoms with E-state index < -0.39 is 12.0 Å². The number of hydrogen-bond acceptors (Lipinski definition) is 5. The second-order valence-electron chi connectivity index (χ2n) is 4.83. The van der Waals surface area contributed by atoms with E-state index in [9.17, 15) is 9.59 Å². The number of anilines is 1. The Labute approximate surface area is 120 Å². The van der Waals surface area contributed by atoms with Crippen molar-refractivity contribution in [2.45, 2.75) is 12.5 Å². The van der Waals surface area contributed by atoms with Crippen molar-refractivity contribution >= 4 is 28.7 Å². The summed E-state index contributed by atoms with van der Waals surface area (Å²) in [6.07, 6.45) is 1.41. The number of hydrogen-bond donors (Lipinski definition) is 2. The number of carboxylic acids is 1. The van der Waals surface area contributed by atoms with Gasteiger partial charge in [0.05, 0.1) is 11.9 Å². The quantitative estimate of drug-likeness (QED) is 0.848. The number of carbonyl (C=O) groups is 2. The molecule has 1 saturated heterocycles. The van der Waals surface area contributed by atoms with E-state index in [0.717, 1.165) is 10.9 Å². The molecule has 1 aromatic heterocycles. The number of carbonyl (C=O) groups excluding carboxylic acids is 1. The summed E-state index contributed by atoms with van der Waals surface area (Å²) in [4.78, 5) is 33.2. The lowest BCUT2D eigenvalue weighted by molar-refractivity contribution is -0.139. The highest BCUT2D eigenvalue weighted by Gasteiger charge is 2.33. The number of piperazine rings is 1. The number of fused-ring (bicyclic) bond motifs is 1. The van der Waals surface area contributed by atoms with Gasteiger partial charge in [-0.1, -0.05) is 18.2 Å². The number of rotatable bonds is 3. The SMILES string of the molecule is O=C(O)CC1C(=O)NCCN1c1ncc2ccccc2n1. The number of carboxylic acid groups (broad SMARTS) is 1. The molecule has 0 spiro atoms. The number of amides is 1. The Hall–Kier alpha value is -2.70. The van der Waals surface area contributed by atoms with Crippen LogP contribution in [0.15, 0.2) is 30.5 Å². The van der Waals surface area contributed by atoms with Gasteiger partial charge in [-0.25, -0.2) is 9.97 Å². The van der Waals surface area contributed by atoms with Gasteiger partial charge in [0, 0.05) is 24.7 Å². The van der Waals surface area contributed by atoms with E-state index in [2.05, 4.69) is 15.3 Å². The molecule has 0 bridgehead atoms. The maximum absolute atomic E-state index is 11.9. The van der Waals surface area contributed by atoms with E-state index in [1.165, 1.54) is 0 Å². The average Bonchev–Trinajstić information content (AvgIpc) is 2.48. The molecule has 7 nitrogen and oxygen atoms in total. The number of aromatic nitrogens is 2. The summed E-state index contributed by atoms with van der Waals surface area (Å²) in [7, 11) is 0. The van der Waals surface area contributed by atoms with E-state index in [1.54, 1.807) is 11.1 Å². The molecule has 1 unspecified atom stereocenters. The summed E-state index contributed by atoms with van der Waals surface area (Å²) in [6.45, 7) is 0.938. The zero-order valence-electron chi connectivity index (χ0n) is 11.2. The fraction of sp³-hybridized carbons (Fsp3) is 0.286. The highest BCUT2D eigenvalue weighted by atomic mass is 16.4. The zero-order chi connectivity index (χ0) is 14.8. The van der Waals surface area contributed by atoms with E-state index >= 15 is 0 Å². The van der Waals surface area contributed by atoms with Crippen LogP contribution in [0.2, 0.25) is 0 Å². The molecule has 2 heterocycles. The molecule has 1 amide bonds. The predicted octanol–water partition coefficient (Wildman–Crippen LogP) is 0.409. The predicted molar refractivity (Wildman–Crippen MR) is 75.9 cm³/mol. The van der Waals surface area contributed by atoms with E-state index in [1.807, 2.05) is 24.3 Å².